The van der Waals surface area contributed by atoms with Crippen molar-refractivity contribution in [2.24, 2.45) is 0 Å². The maximum absolute atomic E-state index is 12.7. The van der Waals surface area contributed by atoms with Gasteiger partial charge < -0.3 is 5.11 Å². The van der Waals surface area contributed by atoms with Gasteiger partial charge in [-0.05, 0) is 24.0 Å². The predicted molar refractivity (Wildman–Crippen MR) is 68.3 cm³/mol. The van der Waals surface area contributed by atoms with Crippen LogP contribution in [0.3, 0.4) is 0 Å². The lowest BCUT2D eigenvalue weighted by Gasteiger charge is -2.10. The molecule has 0 aliphatic rings. The van der Waals surface area contributed by atoms with Gasteiger partial charge in [0.15, 0.2) is 0 Å². The molecule has 0 unspecified atom stereocenters. The third-order valence-electron chi connectivity index (χ3n) is 2.39. The highest BCUT2D eigenvalue weighted by atomic mass is 32.2. The molecule has 0 bridgehead atoms. The maximum atomic E-state index is 12.7. The molecule has 20 heavy (non-hydrogen) atoms. The zero-order chi connectivity index (χ0) is 14.8. The summed E-state index contributed by atoms with van der Waals surface area (Å²) in [6.07, 6.45) is -3.22. The van der Waals surface area contributed by atoms with Crippen LogP contribution in [0.5, 0.6) is 5.88 Å². The number of aromatic nitrogens is 3. The second kappa shape index (κ2) is 5.66. The second-order valence-electron chi connectivity index (χ2n) is 3.75. The Morgan fingerprint density at radius 1 is 1.30 bits per heavy atom. The van der Waals surface area contributed by atoms with E-state index in [1.807, 2.05) is 6.92 Å². The Balaban J connectivity index is 2.54. The van der Waals surface area contributed by atoms with Gasteiger partial charge in [-0.2, -0.15) is 13.2 Å². The lowest BCUT2D eigenvalue weighted by Crippen LogP contribution is -2.08. The fourth-order valence-electron chi connectivity index (χ4n) is 1.56. The van der Waals surface area contributed by atoms with Gasteiger partial charge in [0.05, 0.1) is 0 Å². The van der Waals surface area contributed by atoms with E-state index in [-0.39, 0.29) is 5.69 Å². The van der Waals surface area contributed by atoms with Crippen LogP contribution in [0.4, 0.5) is 13.2 Å². The van der Waals surface area contributed by atoms with Gasteiger partial charge in [-0.1, -0.05) is 6.92 Å². The maximum Gasteiger partial charge on any atom is 0.421 e. The predicted octanol–water partition coefficient (Wildman–Crippen LogP) is 3.38. The van der Waals surface area contributed by atoms with Crippen LogP contribution in [-0.2, 0) is 6.18 Å². The van der Waals surface area contributed by atoms with Crippen molar-refractivity contribution >= 4 is 11.8 Å². The number of pyridine rings is 1. The largest absolute Gasteiger partial charge is 0.492 e. The zero-order valence-corrected chi connectivity index (χ0v) is 11.2. The third kappa shape index (κ3) is 3.01. The minimum atomic E-state index is -4.69. The summed E-state index contributed by atoms with van der Waals surface area (Å²) in [5, 5.41) is 15.9. The molecule has 0 radical (unpaired) electrons. The summed E-state index contributed by atoms with van der Waals surface area (Å²) in [6, 6.07) is 4.20. The van der Waals surface area contributed by atoms with Crippen LogP contribution in [0.25, 0.3) is 11.4 Å². The lowest BCUT2D eigenvalue weighted by molar-refractivity contribution is -0.139. The van der Waals surface area contributed by atoms with Gasteiger partial charge in [-0.25, -0.2) is 0 Å². The Kier molecular flexibility index (Phi) is 4.12. The van der Waals surface area contributed by atoms with Gasteiger partial charge in [-0.3, -0.25) is 4.98 Å². The van der Waals surface area contributed by atoms with Crippen molar-refractivity contribution in [3.05, 3.63) is 30.0 Å². The van der Waals surface area contributed by atoms with Crippen molar-refractivity contribution in [2.75, 3.05) is 5.75 Å². The number of hydrogen-bond donors (Lipinski definition) is 1. The van der Waals surface area contributed by atoms with Crippen LogP contribution >= 0.6 is 11.8 Å². The molecule has 8 heteroatoms. The molecule has 0 amide bonds. The molecule has 2 aromatic heterocycles. The van der Waals surface area contributed by atoms with Crippen LogP contribution in [0.15, 0.2) is 29.3 Å². The fraction of sp³-hybridized carbons (Fsp3) is 0.250. The van der Waals surface area contributed by atoms with E-state index in [2.05, 4.69) is 15.2 Å². The van der Waals surface area contributed by atoms with Crippen LogP contribution in [0.2, 0.25) is 0 Å². The first-order chi connectivity index (χ1) is 9.43. The quantitative estimate of drug-likeness (QED) is 0.881. The van der Waals surface area contributed by atoms with Crippen LogP contribution in [0.1, 0.15) is 12.5 Å². The Morgan fingerprint density at radius 3 is 2.70 bits per heavy atom. The highest BCUT2D eigenvalue weighted by Crippen LogP contribution is 2.37. The van der Waals surface area contributed by atoms with E-state index in [1.165, 1.54) is 18.0 Å². The standard InChI is InChI=1S/C12H10F3N3OS/c1-2-20-9-4-3-5-16-10(9)8-6-7(12(13,14)15)11(19)18-17-8/h3-6H,2H2,1H3,(H,18,19). The van der Waals surface area contributed by atoms with E-state index in [0.29, 0.717) is 10.6 Å². The number of aromatic hydroxyl groups is 1. The molecular weight excluding hydrogens is 291 g/mol. The highest BCUT2D eigenvalue weighted by molar-refractivity contribution is 7.99. The Morgan fingerprint density at radius 2 is 2.05 bits per heavy atom. The van der Waals surface area contributed by atoms with Crippen molar-refractivity contribution in [1.29, 1.82) is 0 Å². The molecule has 0 aromatic carbocycles. The number of hydrogen-bond acceptors (Lipinski definition) is 5. The molecule has 0 fully saturated rings. The molecule has 2 heterocycles. The van der Waals surface area contributed by atoms with Gasteiger partial charge in [0.1, 0.15) is 17.0 Å². The normalized spacial score (nSPS) is 11.6. The summed E-state index contributed by atoms with van der Waals surface area (Å²) < 4.78 is 38.2. The molecular formula is C12H10F3N3OS. The Labute approximate surface area is 117 Å². The number of rotatable bonds is 3. The minimum Gasteiger partial charge on any atom is -0.492 e. The van der Waals surface area contributed by atoms with Crippen LogP contribution in [-0.4, -0.2) is 26.0 Å². The van der Waals surface area contributed by atoms with Crippen LogP contribution in [0, 0.1) is 0 Å². The molecule has 0 saturated heterocycles. The van der Waals surface area contributed by atoms with Gasteiger partial charge >= 0.3 is 6.18 Å². The molecule has 2 rings (SSSR count). The average Bonchev–Trinajstić information content (AvgIpc) is 2.39. The van der Waals surface area contributed by atoms with Gasteiger partial charge in [0.25, 0.3) is 0 Å². The Bertz CT molecular complexity index is 619. The first-order valence-electron chi connectivity index (χ1n) is 5.65. The molecule has 0 saturated carbocycles. The van der Waals surface area contributed by atoms with E-state index in [9.17, 15) is 18.3 Å². The number of nitrogens with zero attached hydrogens (tertiary/aromatic N) is 3. The molecule has 1 N–H and O–H groups in total. The third-order valence-corrected chi connectivity index (χ3v) is 3.32. The summed E-state index contributed by atoms with van der Waals surface area (Å²) in [5.41, 5.74) is -0.926. The Hall–Kier alpha value is -1.83. The van der Waals surface area contributed by atoms with Crippen LogP contribution < -0.4 is 0 Å². The summed E-state index contributed by atoms with van der Waals surface area (Å²) in [5.74, 6) is -0.391. The molecule has 2 aromatic rings. The number of alkyl halides is 3. The van der Waals surface area contributed by atoms with Crippen molar-refractivity contribution < 1.29 is 18.3 Å². The molecule has 0 spiro atoms. The molecule has 4 nitrogen and oxygen atoms in total. The summed E-state index contributed by atoms with van der Waals surface area (Å²) in [6.45, 7) is 1.92. The van der Waals surface area contributed by atoms with Crippen molar-refractivity contribution in [3.63, 3.8) is 0 Å². The summed E-state index contributed by atoms with van der Waals surface area (Å²) in [4.78, 5) is 4.76. The molecule has 106 valence electrons. The summed E-state index contributed by atoms with van der Waals surface area (Å²) in [7, 11) is 0. The smallest absolute Gasteiger partial charge is 0.421 e. The monoisotopic (exact) mass is 301 g/mol. The van der Waals surface area contributed by atoms with Gasteiger partial charge in [0, 0.05) is 11.1 Å². The van der Waals surface area contributed by atoms with E-state index >= 15 is 0 Å². The first-order valence-corrected chi connectivity index (χ1v) is 6.64. The van der Waals surface area contributed by atoms with E-state index in [1.54, 1.807) is 12.1 Å². The highest BCUT2D eigenvalue weighted by Gasteiger charge is 2.35. The van der Waals surface area contributed by atoms with Gasteiger partial charge in [-0.15, -0.1) is 22.0 Å². The van der Waals surface area contributed by atoms with E-state index < -0.39 is 17.6 Å². The molecule has 0 atom stereocenters. The average molecular weight is 301 g/mol. The van der Waals surface area contributed by atoms with Crippen molar-refractivity contribution in [3.8, 4) is 17.3 Å². The van der Waals surface area contributed by atoms with Crippen molar-refractivity contribution in [2.45, 2.75) is 18.0 Å². The number of halogens is 3. The molecule has 0 aliphatic carbocycles. The topological polar surface area (TPSA) is 58.9 Å². The number of thioether (sulfide) groups is 1. The SMILES string of the molecule is CCSc1cccnc1-c1cc(C(F)(F)F)c(O)nn1. The zero-order valence-electron chi connectivity index (χ0n) is 10.3. The van der Waals surface area contributed by atoms with E-state index in [0.717, 1.165) is 11.8 Å². The second-order valence-corrected chi connectivity index (χ2v) is 5.05. The first kappa shape index (κ1) is 14.6. The van der Waals surface area contributed by atoms with Gasteiger partial charge in [0.2, 0.25) is 5.88 Å². The summed E-state index contributed by atoms with van der Waals surface area (Å²) >= 11 is 1.44. The lowest BCUT2D eigenvalue weighted by atomic mass is 10.2. The fourth-order valence-corrected chi connectivity index (χ4v) is 2.34. The van der Waals surface area contributed by atoms with E-state index in [4.69, 9.17) is 0 Å². The minimum absolute atomic E-state index is 0.0216. The van der Waals surface area contributed by atoms with Crippen molar-refractivity contribution in [1.82, 2.24) is 15.2 Å². The molecule has 0 aliphatic heterocycles.